The largest absolute Gasteiger partial charge is 0.310 e. The Bertz CT molecular complexity index is 5530. The first-order valence-electron chi connectivity index (χ1n) is 38.5. The molecule has 0 N–H and O–H groups in total. The highest BCUT2D eigenvalue weighted by molar-refractivity contribution is 7.00. The van der Waals surface area contributed by atoms with Gasteiger partial charge in [0.2, 0.25) is 0 Å². The van der Waals surface area contributed by atoms with Gasteiger partial charge in [-0.3, -0.25) is 0 Å². The second-order valence-corrected chi connectivity index (χ2v) is 34.9. The number of aromatic nitrogens is 1. The lowest BCUT2D eigenvalue weighted by Gasteiger charge is -2.46. The van der Waals surface area contributed by atoms with Crippen molar-refractivity contribution < 1.29 is 0 Å². The molecule has 4 heteroatoms. The molecule has 0 amide bonds. The number of anilines is 6. The van der Waals surface area contributed by atoms with Crippen molar-refractivity contribution in [1.82, 2.24) is 4.57 Å². The van der Waals surface area contributed by atoms with Crippen molar-refractivity contribution in [2.24, 2.45) is 11.8 Å². The predicted octanol–water partition coefficient (Wildman–Crippen LogP) is 26.0. The molecule has 2 fully saturated rings. The maximum atomic E-state index is 2.79. The molecule has 2 bridgehead atoms. The maximum Gasteiger partial charge on any atom is 0.252 e. The SMILES string of the molecule is CC(C)(C)c1cc(-c2ccccc2)c(N2c3ccc(-c4cccc(-n5c6ccc(C(C)(C)C)cc6c6cc(C(C)(C)C)ccc65)c4)cc3B3c4ccc(-c5ccccc5)cc4N(c4c(-c5ccccc5)cc(C(C)(C)C)cc4-c4ccccc4)c4cc(C5C[C@H]6CC[C@@H]5C6)cc2c43)c(-c2ccccc2)c1. The van der Waals surface area contributed by atoms with Crippen LogP contribution < -0.4 is 26.2 Å². The molecule has 3 heterocycles. The normalized spacial score (nSPS) is 16.3. The van der Waals surface area contributed by atoms with Crippen LogP contribution in [0.2, 0.25) is 0 Å². The smallest absolute Gasteiger partial charge is 0.252 e. The summed E-state index contributed by atoms with van der Waals surface area (Å²) in [4.78, 5) is 5.58. The highest BCUT2D eigenvalue weighted by Gasteiger charge is 2.48. The Morgan fingerprint density at radius 1 is 0.305 bits per heavy atom. The van der Waals surface area contributed by atoms with Gasteiger partial charge >= 0.3 is 0 Å². The first-order valence-corrected chi connectivity index (χ1v) is 38.5. The van der Waals surface area contributed by atoms with Gasteiger partial charge in [0.05, 0.1) is 22.4 Å². The van der Waals surface area contributed by atoms with Crippen molar-refractivity contribution >= 4 is 79.0 Å². The van der Waals surface area contributed by atoms with Gasteiger partial charge in [0.1, 0.15) is 0 Å². The van der Waals surface area contributed by atoms with Crippen molar-refractivity contribution in [2.45, 2.75) is 136 Å². The molecule has 4 aliphatic rings. The summed E-state index contributed by atoms with van der Waals surface area (Å²) in [5.74, 6) is 1.76. The van der Waals surface area contributed by atoms with Gasteiger partial charge < -0.3 is 14.4 Å². The third kappa shape index (κ3) is 11.5. The molecule has 2 saturated carbocycles. The Kier molecular flexibility index (Phi) is 15.8. The van der Waals surface area contributed by atoms with Gasteiger partial charge in [-0.15, -0.1) is 0 Å². The zero-order chi connectivity index (χ0) is 72.0. The maximum absolute atomic E-state index is 2.79. The van der Waals surface area contributed by atoms with E-state index < -0.39 is 0 Å². The van der Waals surface area contributed by atoms with Crippen LogP contribution in [0.15, 0.2) is 285 Å². The van der Waals surface area contributed by atoms with E-state index in [9.17, 15) is 0 Å². The molecule has 1 aromatic heterocycles. The first kappa shape index (κ1) is 66.3. The molecule has 18 rings (SSSR count). The standard InChI is InChI=1S/C101H94BN3/c1-98(2,3)75-45-49-89-85(58-75)86-59-76(99(4,5)6)46-50-90(86)103(89)79-40-28-39-70(53-79)71-44-48-91-88(54-71)102-87-47-43-72(65-29-18-13-19-30-65)55-92(87)105(97-83(68-35-24-16-25-36-68)62-78(101(10,11)12)63-84(97)69-37-26-17-27-38-69)94-57-74(80-52-64-41-42-73(80)51-64)56-93(95(94)102)104(91)96-81(66-31-20-14-21-32-66)60-77(100(7,8)9)61-82(96)67-33-22-15-23-34-67/h13-40,43-50,53-64,73,80H,41-42,51-52H2,1-12H3/t64-,73+,80?/m0/s1. The predicted molar refractivity (Wildman–Crippen MR) is 450 cm³/mol. The van der Waals surface area contributed by atoms with E-state index in [1.807, 2.05) is 0 Å². The molecule has 0 saturated heterocycles. The lowest BCUT2D eigenvalue weighted by molar-refractivity contribution is 0.420. The number of nitrogens with zero attached hydrogens (tertiary/aromatic N) is 3. The minimum absolute atomic E-state index is 0.0112. The fourth-order valence-corrected chi connectivity index (χ4v) is 18.4. The molecule has 14 aromatic rings. The number of fused-ring (bicyclic) bond motifs is 9. The Hall–Kier alpha value is -10.7. The molecule has 13 aromatic carbocycles. The fourth-order valence-electron chi connectivity index (χ4n) is 18.4. The van der Waals surface area contributed by atoms with Crippen LogP contribution in [0.5, 0.6) is 0 Å². The van der Waals surface area contributed by atoms with Gasteiger partial charge in [-0.2, -0.15) is 0 Å². The number of rotatable bonds is 10. The minimum Gasteiger partial charge on any atom is -0.310 e. The molecule has 2 aliphatic heterocycles. The molecular weight excluding hydrogens is 1270 g/mol. The number of hydrogen-bond donors (Lipinski definition) is 0. The molecule has 105 heavy (non-hydrogen) atoms. The Morgan fingerprint density at radius 2 is 0.724 bits per heavy atom. The van der Waals surface area contributed by atoms with Crippen LogP contribution in [0.3, 0.4) is 0 Å². The molecular formula is C101H94BN3. The lowest BCUT2D eigenvalue weighted by Crippen LogP contribution is -2.61. The van der Waals surface area contributed by atoms with Crippen molar-refractivity contribution in [2.75, 3.05) is 9.80 Å². The monoisotopic (exact) mass is 1360 g/mol. The molecule has 3 atom stereocenters. The Morgan fingerprint density at radius 3 is 1.16 bits per heavy atom. The fraction of sp³-hybridized carbons (Fsp3) is 0.228. The van der Waals surface area contributed by atoms with E-state index >= 15 is 0 Å². The zero-order valence-electron chi connectivity index (χ0n) is 63.1. The highest BCUT2D eigenvalue weighted by atomic mass is 15.2. The van der Waals surface area contributed by atoms with Gasteiger partial charge in [-0.1, -0.05) is 290 Å². The van der Waals surface area contributed by atoms with Gasteiger partial charge in [-0.05, 0) is 232 Å². The molecule has 0 spiro atoms. The van der Waals surface area contributed by atoms with Crippen LogP contribution in [-0.4, -0.2) is 11.3 Å². The van der Waals surface area contributed by atoms with Gasteiger partial charge in [-0.25, -0.2) is 0 Å². The van der Waals surface area contributed by atoms with E-state index in [0.717, 1.165) is 11.6 Å². The summed E-state index contributed by atoms with van der Waals surface area (Å²) in [6, 6.07) is 111. The van der Waals surface area contributed by atoms with Crippen LogP contribution >= 0.6 is 0 Å². The molecule has 1 unspecified atom stereocenters. The van der Waals surface area contributed by atoms with Crippen LogP contribution in [0.4, 0.5) is 34.1 Å². The summed E-state index contributed by atoms with van der Waals surface area (Å²) in [7, 11) is 0. The van der Waals surface area contributed by atoms with E-state index in [-0.39, 0.29) is 28.4 Å². The van der Waals surface area contributed by atoms with E-state index in [1.54, 1.807) is 0 Å². The number of hydrogen-bond acceptors (Lipinski definition) is 2. The summed E-state index contributed by atoms with van der Waals surface area (Å²) in [5, 5.41) is 2.58. The van der Waals surface area contributed by atoms with E-state index in [1.165, 1.54) is 193 Å². The van der Waals surface area contributed by atoms with Gasteiger partial charge in [0, 0.05) is 61.5 Å². The van der Waals surface area contributed by atoms with Crippen molar-refractivity contribution in [3.63, 3.8) is 0 Å². The third-order valence-corrected chi connectivity index (χ3v) is 24.0. The summed E-state index contributed by atoms with van der Waals surface area (Å²) in [5.41, 5.74) is 35.5. The van der Waals surface area contributed by atoms with E-state index in [4.69, 9.17) is 0 Å². The summed E-state index contributed by atoms with van der Waals surface area (Å²) in [6.07, 6.45) is 5.10. The molecule has 3 nitrogen and oxygen atoms in total. The van der Waals surface area contributed by atoms with E-state index in [2.05, 4.69) is 383 Å². The van der Waals surface area contributed by atoms with Crippen LogP contribution in [0, 0.1) is 11.8 Å². The molecule has 516 valence electrons. The highest BCUT2D eigenvalue weighted by Crippen LogP contribution is 2.59. The van der Waals surface area contributed by atoms with E-state index in [0.29, 0.717) is 11.8 Å². The molecule has 0 radical (unpaired) electrons. The first-order chi connectivity index (χ1) is 50.6. The average molecular weight is 1360 g/mol. The van der Waals surface area contributed by atoms with Gasteiger partial charge in [0.25, 0.3) is 6.71 Å². The van der Waals surface area contributed by atoms with Crippen molar-refractivity contribution in [3.8, 4) is 72.4 Å². The Balaban J connectivity index is 0.977. The van der Waals surface area contributed by atoms with Crippen LogP contribution in [-0.2, 0) is 21.7 Å². The minimum atomic E-state index is -0.190. The zero-order valence-corrected chi connectivity index (χ0v) is 63.1. The van der Waals surface area contributed by atoms with Crippen molar-refractivity contribution in [3.05, 3.63) is 313 Å². The summed E-state index contributed by atoms with van der Waals surface area (Å²) >= 11 is 0. The third-order valence-electron chi connectivity index (χ3n) is 24.0. The van der Waals surface area contributed by atoms with Crippen molar-refractivity contribution in [1.29, 1.82) is 0 Å². The van der Waals surface area contributed by atoms with Crippen LogP contribution in [0.25, 0.3) is 94.3 Å². The summed E-state index contributed by atoms with van der Waals surface area (Å²) < 4.78 is 2.53. The lowest BCUT2D eigenvalue weighted by atomic mass is 9.33. The quantitative estimate of drug-likeness (QED) is 0.126. The topological polar surface area (TPSA) is 11.4 Å². The Labute approximate surface area is 623 Å². The summed E-state index contributed by atoms with van der Waals surface area (Å²) in [6.45, 7) is 28.1. The van der Waals surface area contributed by atoms with Crippen LogP contribution in [0.1, 0.15) is 143 Å². The average Bonchev–Trinajstić information content (AvgIpc) is 1.19. The second kappa shape index (κ2) is 25.0. The number of benzene rings is 13. The van der Waals surface area contributed by atoms with Gasteiger partial charge in [0.15, 0.2) is 0 Å². The second-order valence-electron chi connectivity index (χ2n) is 34.9. The molecule has 2 aliphatic carbocycles.